The van der Waals surface area contributed by atoms with Gasteiger partial charge < -0.3 is 0 Å². The van der Waals surface area contributed by atoms with Crippen molar-refractivity contribution in [3.05, 3.63) is 29.8 Å². The van der Waals surface area contributed by atoms with Crippen molar-refractivity contribution in [3.8, 4) is 0 Å². The summed E-state index contributed by atoms with van der Waals surface area (Å²) in [7, 11) is 0. The number of hydrogen-bond donors (Lipinski definition) is 0. The van der Waals surface area contributed by atoms with Crippen LogP contribution in [0.5, 0.6) is 0 Å². The molecule has 1 fully saturated rings. The van der Waals surface area contributed by atoms with Crippen LogP contribution in [0.3, 0.4) is 0 Å². The van der Waals surface area contributed by atoms with Crippen molar-refractivity contribution in [3.63, 3.8) is 0 Å². The van der Waals surface area contributed by atoms with Crippen molar-refractivity contribution >= 4 is 11.6 Å². The Morgan fingerprint density at radius 2 is 2.14 bits per heavy atom. The highest BCUT2D eigenvalue weighted by Crippen LogP contribution is 2.27. The molecule has 0 aliphatic heterocycles. The van der Waals surface area contributed by atoms with Crippen LogP contribution in [0.4, 0.5) is 0 Å². The van der Waals surface area contributed by atoms with Gasteiger partial charge in [-0.3, -0.25) is 4.68 Å². The van der Waals surface area contributed by atoms with E-state index in [1.165, 1.54) is 32.1 Å². The number of aromatic nitrogens is 5. The fourth-order valence-corrected chi connectivity index (χ4v) is 3.02. The van der Waals surface area contributed by atoms with Gasteiger partial charge in [0.2, 0.25) is 0 Å². The van der Waals surface area contributed by atoms with Crippen LogP contribution in [-0.2, 0) is 6.54 Å². The number of alkyl halides is 1. The van der Waals surface area contributed by atoms with Crippen molar-refractivity contribution in [2.45, 2.75) is 63.4 Å². The molecular formula is C15H22ClN5. The minimum Gasteiger partial charge on any atom is -0.269 e. The molecule has 3 rings (SSSR count). The summed E-state index contributed by atoms with van der Waals surface area (Å²) in [6, 6.07) is 2.65. The summed E-state index contributed by atoms with van der Waals surface area (Å²) in [5.41, 5.74) is 1.87. The molecule has 114 valence electrons. The van der Waals surface area contributed by atoms with Crippen LogP contribution >= 0.6 is 11.6 Å². The van der Waals surface area contributed by atoms with E-state index in [2.05, 4.69) is 27.3 Å². The van der Waals surface area contributed by atoms with E-state index in [4.69, 9.17) is 16.7 Å². The second-order valence-corrected chi connectivity index (χ2v) is 6.32. The number of rotatable bonds is 5. The van der Waals surface area contributed by atoms with Crippen molar-refractivity contribution in [2.24, 2.45) is 0 Å². The topological polar surface area (TPSA) is 48.5 Å². The maximum atomic E-state index is 6.18. The van der Waals surface area contributed by atoms with Crippen molar-refractivity contribution in [2.75, 3.05) is 0 Å². The van der Waals surface area contributed by atoms with E-state index in [1.807, 2.05) is 17.8 Å². The molecule has 2 aromatic heterocycles. The average molecular weight is 308 g/mol. The minimum absolute atomic E-state index is 0.0569. The van der Waals surface area contributed by atoms with Crippen LogP contribution in [0, 0.1) is 0 Å². The summed E-state index contributed by atoms with van der Waals surface area (Å²) < 4.78 is 3.94. The van der Waals surface area contributed by atoms with Gasteiger partial charge in [0, 0.05) is 6.20 Å². The SMILES string of the molecule is CCC(Cl)c1cn(Cc2ccn(C3CCCCC3)n2)nn1. The Hall–Kier alpha value is -1.36. The van der Waals surface area contributed by atoms with Crippen molar-refractivity contribution in [1.82, 2.24) is 24.8 Å². The Labute approximate surface area is 130 Å². The lowest BCUT2D eigenvalue weighted by molar-refractivity contribution is 0.327. The first-order valence-electron chi connectivity index (χ1n) is 7.84. The van der Waals surface area contributed by atoms with Gasteiger partial charge in [-0.05, 0) is 25.3 Å². The van der Waals surface area contributed by atoms with E-state index in [1.54, 1.807) is 0 Å². The molecule has 1 aliphatic carbocycles. The molecule has 6 heteroatoms. The molecule has 1 aliphatic rings. The first kappa shape index (κ1) is 14.6. The third-order valence-electron chi connectivity index (χ3n) is 4.17. The molecule has 2 aromatic rings. The maximum absolute atomic E-state index is 6.18. The van der Waals surface area contributed by atoms with Gasteiger partial charge in [0.1, 0.15) is 5.69 Å². The lowest BCUT2D eigenvalue weighted by atomic mass is 9.96. The monoisotopic (exact) mass is 307 g/mol. The summed E-state index contributed by atoms with van der Waals surface area (Å²) in [4.78, 5) is 0. The summed E-state index contributed by atoms with van der Waals surface area (Å²) in [5.74, 6) is 0. The third kappa shape index (κ3) is 3.46. The number of hydrogen-bond acceptors (Lipinski definition) is 3. The standard InChI is InChI=1S/C15H22ClN5/c1-2-14(16)15-11-20(19-17-15)10-12-8-9-21(18-12)13-6-4-3-5-7-13/h8-9,11,13-14H,2-7,10H2,1H3. The minimum atomic E-state index is -0.0569. The zero-order valence-electron chi connectivity index (χ0n) is 12.5. The maximum Gasteiger partial charge on any atom is 0.101 e. The second kappa shape index (κ2) is 6.60. The second-order valence-electron chi connectivity index (χ2n) is 5.80. The van der Waals surface area contributed by atoms with Gasteiger partial charge in [-0.2, -0.15) is 5.10 Å². The zero-order valence-corrected chi connectivity index (χ0v) is 13.2. The molecule has 5 nitrogen and oxygen atoms in total. The molecule has 0 aromatic carbocycles. The van der Waals surface area contributed by atoms with E-state index in [0.717, 1.165) is 17.8 Å². The van der Waals surface area contributed by atoms with Crippen molar-refractivity contribution < 1.29 is 0 Å². The van der Waals surface area contributed by atoms with Crippen LogP contribution in [0.25, 0.3) is 0 Å². The lowest BCUT2D eigenvalue weighted by Crippen LogP contribution is -2.13. The molecule has 21 heavy (non-hydrogen) atoms. The Balaban J connectivity index is 1.65. The highest BCUT2D eigenvalue weighted by molar-refractivity contribution is 6.20. The zero-order chi connectivity index (χ0) is 14.7. The summed E-state index contributed by atoms with van der Waals surface area (Å²) in [6.45, 7) is 2.70. The molecule has 1 saturated carbocycles. The van der Waals surface area contributed by atoms with E-state index >= 15 is 0 Å². The third-order valence-corrected chi connectivity index (χ3v) is 4.70. The molecule has 1 unspecified atom stereocenters. The van der Waals surface area contributed by atoms with Crippen LogP contribution in [-0.4, -0.2) is 24.8 Å². The van der Waals surface area contributed by atoms with E-state index in [0.29, 0.717) is 12.6 Å². The summed E-state index contributed by atoms with van der Waals surface area (Å²) in [6.07, 6.45) is 11.4. The summed E-state index contributed by atoms with van der Waals surface area (Å²) in [5, 5.41) is 12.9. The predicted molar refractivity (Wildman–Crippen MR) is 82.4 cm³/mol. The van der Waals surface area contributed by atoms with Crippen LogP contribution < -0.4 is 0 Å². The van der Waals surface area contributed by atoms with Gasteiger partial charge in [-0.1, -0.05) is 31.4 Å². The number of nitrogens with zero attached hydrogens (tertiary/aromatic N) is 5. The Kier molecular flexibility index (Phi) is 4.58. The van der Waals surface area contributed by atoms with Gasteiger partial charge in [-0.15, -0.1) is 16.7 Å². The van der Waals surface area contributed by atoms with Gasteiger partial charge >= 0.3 is 0 Å². The smallest absolute Gasteiger partial charge is 0.101 e. The molecule has 0 amide bonds. The first-order valence-corrected chi connectivity index (χ1v) is 8.28. The largest absolute Gasteiger partial charge is 0.269 e. The molecule has 2 heterocycles. The van der Waals surface area contributed by atoms with Gasteiger partial charge in [0.05, 0.1) is 29.9 Å². The van der Waals surface area contributed by atoms with E-state index < -0.39 is 0 Å². The molecular weight excluding hydrogens is 286 g/mol. The van der Waals surface area contributed by atoms with Gasteiger partial charge in [0.25, 0.3) is 0 Å². The normalized spacial score (nSPS) is 18.0. The molecule has 0 N–H and O–H groups in total. The summed E-state index contributed by atoms with van der Waals surface area (Å²) >= 11 is 6.18. The van der Waals surface area contributed by atoms with Gasteiger partial charge in [-0.25, -0.2) is 4.68 Å². The average Bonchev–Trinajstić information content (AvgIpc) is 3.17. The van der Waals surface area contributed by atoms with Gasteiger partial charge in [0.15, 0.2) is 0 Å². The predicted octanol–water partition coefficient (Wildman–Crippen LogP) is 3.72. The Morgan fingerprint density at radius 3 is 2.90 bits per heavy atom. The van der Waals surface area contributed by atoms with E-state index in [-0.39, 0.29) is 5.38 Å². The quantitative estimate of drug-likeness (QED) is 0.791. The highest BCUT2D eigenvalue weighted by Gasteiger charge is 2.16. The van der Waals surface area contributed by atoms with E-state index in [9.17, 15) is 0 Å². The molecule has 0 radical (unpaired) electrons. The molecule has 0 saturated heterocycles. The fourth-order valence-electron chi connectivity index (χ4n) is 2.92. The highest BCUT2D eigenvalue weighted by atomic mass is 35.5. The fraction of sp³-hybridized carbons (Fsp3) is 0.667. The molecule has 0 bridgehead atoms. The van der Waals surface area contributed by atoms with Crippen LogP contribution in [0.2, 0.25) is 0 Å². The Bertz CT molecular complexity index is 570. The molecule has 0 spiro atoms. The van der Waals surface area contributed by atoms with Crippen LogP contribution in [0.1, 0.15) is 68.3 Å². The van der Waals surface area contributed by atoms with Crippen molar-refractivity contribution in [1.29, 1.82) is 0 Å². The van der Waals surface area contributed by atoms with Crippen LogP contribution in [0.15, 0.2) is 18.5 Å². The number of halogens is 1. The Morgan fingerprint density at radius 1 is 1.33 bits per heavy atom. The molecule has 1 atom stereocenters. The lowest BCUT2D eigenvalue weighted by Gasteiger charge is -2.21. The first-order chi connectivity index (χ1) is 10.3.